The van der Waals surface area contributed by atoms with Gasteiger partial charge < -0.3 is 15.3 Å². The molecule has 3 aromatic rings. The second kappa shape index (κ2) is 7.05. The van der Waals surface area contributed by atoms with Gasteiger partial charge in [0.2, 0.25) is 10.6 Å². The van der Waals surface area contributed by atoms with Crippen LogP contribution in [0, 0.1) is 13.8 Å². The summed E-state index contributed by atoms with van der Waals surface area (Å²) in [5.74, 6) is -1.38. The zero-order valence-electron chi connectivity index (χ0n) is 14.6. The van der Waals surface area contributed by atoms with Crippen LogP contribution in [0.1, 0.15) is 16.7 Å². The first-order chi connectivity index (χ1) is 12.4. The van der Waals surface area contributed by atoms with Gasteiger partial charge in [0.15, 0.2) is 11.5 Å². The van der Waals surface area contributed by atoms with Crippen molar-refractivity contribution >= 4 is 17.6 Å². The van der Waals surface area contributed by atoms with E-state index in [2.05, 4.69) is 36.1 Å². The minimum absolute atomic E-state index is 0.284. The molecule has 7 heteroatoms. The van der Waals surface area contributed by atoms with E-state index in [0.717, 1.165) is 11.3 Å². The highest BCUT2D eigenvalue weighted by molar-refractivity contribution is 7.07. The molecule has 26 heavy (non-hydrogen) atoms. The van der Waals surface area contributed by atoms with E-state index in [9.17, 15) is 15.3 Å². The van der Waals surface area contributed by atoms with Gasteiger partial charge in [-0.05, 0) is 43.2 Å². The summed E-state index contributed by atoms with van der Waals surface area (Å²) in [7, 11) is 1.69. The summed E-state index contributed by atoms with van der Waals surface area (Å²) < 4.78 is 1.68. The molecular weight excluding hydrogens is 350 g/mol. The number of hydrogen-bond donors (Lipinski definition) is 3. The lowest BCUT2D eigenvalue weighted by molar-refractivity contribution is 0.367. The van der Waals surface area contributed by atoms with Gasteiger partial charge in [-0.1, -0.05) is 12.1 Å². The van der Waals surface area contributed by atoms with Crippen LogP contribution in [0.2, 0.25) is 0 Å². The summed E-state index contributed by atoms with van der Waals surface area (Å²) in [5.41, 5.74) is 4.56. The molecule has 0 fully saturated rings. The van der Waals surface area contributed by atoms with Crippen molar-refractivity contribution in [2.75, 3.05) is 7.05 Å². The molecule has 0 aliphatic heterocycles. The minimum Gasteiger partial charge on any atom is -0.504 e. The fraction of sp³-hybridized carbons (Fsp3) is 0.158. The Kier molecular flexibility index (Phi) is 4.81. The zero-order chi connectivity index (χ0) is 18.8. The molecule has 0 atom stereocenters. The van der Waals surface area contributed by atoms with Gasteiger partial charge in [-0.15, -0.1) is 11.3 Å². The van der Waals surface area contributed by atoms with Crippen LogP contribution in [0.3, 0.4) is 0 Å². The Morgan fingerprint density at radius 1 is 1.00 bits per heavy atom. The van der Waals surface area contributed by atoms with Crippen molar-refractivity contribution in [2.45, 2.75) is 13.8 Å². The fourth-order valence-corrected chi connectivity index (χ4v) is 3.27. The predicted octanol–water partition coefficient (Wildman–Crippen LogP) is 3.36. The first-order valence-corrected chi connectivity index (χ1v) is 8.79. The number of nitrogens with zero attached hydrogens (tertiary/aromatic N) is 3. The van der Waals surface area contributed by atoms with E-state index in [4.69, 9.17) is 0 Å². The number of benzene rings is 2. The van der Waals surface area contributed by atoms with Crippen molar-refractivity contribution in [3.63, 3.8) is 0 Å². The molecule has 0 saturated heterocycles. The summed E-state index contributed by atoms with van der Waals surface area (Å²) in [6.07, 6.45) is 1.42. The summed E-state index contributed by atoms with van der Waals surface area (Å²) in [6.45, 7) is 4.12. The van der Waals surface area contributed by atoms with Crippen molar-refractivity contribution in [2.24, 2.45) is 10.1 Å². The Morgan fingerprint density at radius 3 is 2.46 bits per heavy atom. The average molecular weight is 369 g/mol. The highest BCUT2D eigenvalue weighted by Crippen LogP contribution is 2.36. The second-order valence-corrected chi connectivity index (χ2v) is 6.69. The lowest BCUT2D eigenvalue weighted by Crippen LogP contribution is -2.11. The summed E-state index contributed by atoms with van der Waals surface area (Å²) in [4.78, 5) is 4.93. The molecule has 0 unspecified atom stereocenters. The van der Waals surface area contributed by atoms with Crippen molar-refractivity contribution in [3.8, 4) is 28.5 Å². The van der Waals surface area contributed by atoms with Gasteiger partial charge in [0.25, 0.3) is 0 Å². The van der Waals surface area contributed by atoms with Crippen LogP contribution in [-0.4, -0.2) is 33.3 Å². The molecule has 1 heterocycles. The summed E-state index contributed by atoms with van der Waals surface area (Å²) in [6, 6.07) is 8.94. The molecular formula is C19H19N3O3S. The van der Waals surface area contributed by atoms with Gasteiger partial charge in [-0.25, -0.2) is 4.68 Å². The Balaban J connectivity index is 2.09. The van der Waals surface area contributed by atoms with Gasteiger partial charge in [-0.2, -0.15) is 5.10 Å². The number of hydrogen-bond acceptors (Lipinski definition) is 6. The molecule has 3 rings (SSSR count). The molecule has 3 N–H and O–H groups in total. The number of aromatic hydroxyl groups is 3. The van der Waals surface area contributed by atoms with E-state index < -0.39 is 11.5 Å². The van der Waals surface area contributed by atoms with E-state index in [1.165, 1.54) is 40.8 Å². The van der Waals surface area contributed by atoms with Crippen molar-refractivity contribution in [1.82, 2.24) is 4.68 Å². The molecule has 0 radical (unpaired) electrons. The first-order valence-electron chi connectivity index (χ1n) is 7.91. The molecule has 1 aromatic heterocycles. The van der Waals surface area contributed by atoms with Crippen LogP contribution in [0.15, 0.2) is 45.8 Å². The van der Waals surface area contributed by atoms with Crippen LogP contribution in [0.4, 0.5) is 0 Å². The molecule has 2 aromatic carbocycles. The third kappa shape index (κ3) is 3.21. The quantitative estimate of drug-likeness (QED) is 0.488. The minimum atomic E-state index is -0.570. The monoisotopic (exact) mass is 369 g/mol. The molecule has 0 amide bonds. The standard InChI is InChI=1S/C19H19N3O3S/c1-11-4-5-13(8-12(11)2)15-10-26-19(20-3)22(15)21-9-14-6-7-16(23)18(25)17(14)24/h4-10,23-25H,1-3H3. The maximum atomic E-state index is 9.96. The number of aromatic nitrogens is 1. The molecule has 134 valence electrons. The van der Waals surface area contributed by atoms with E-state index in [-0.39, 0.29) is 11.3 Å². The van der Waals surface area contributed by atoms with Crippen LogP contribution in [0.5, 0.6) is 17.2 Å². The molecule has 0 aliphatic rings. The van der Waals surface area contributed by atoms with E-state index in [1.807, 2.05) is 11.4 Å². The Labute approximate surface area is 154 Å². The molecule has 0 saturated carbocycles. The normalized spacial score (nSPS) is 12.2. The number of thiazole rings is 1. The van der Waals surface area contributed by atoms with Crippen molar-refractivity contribution in [3.05, 3.63) is 57.2 Å². The summed E-state index contributed by atoms with van der Waals surface area (Å²) in [5, 5.41) is 35.4. The lowest BCUT2D eigenvalue weighted by Gasteiger charge is -2.07. The van der Waals surface area contributed by atoms with Crippen molar-refractivity contribution in [1.29, 1.82) is 0 Å². The molecule has 0 bridgehead atoms. The van der Waals surface area contributed by atoms with Gasteiger partial charge in [0.1, 0.15) is 0 Å². The lowest BCUT2D eigenvalue weighted by atomic mass is 10.1. The molecule has 0 spiro atoms. The molecule has 6 nitrogen and oxygen atoms in total. The second-order valence-electron chi connectivity index (χ2n) is 5.85. The maximum Gasteiger partial charge on any atom is 0.205 e. The largest absolute Gasteiger partial charge is 0.504 e. The van der Waals surface area contributed by atoms with E-state index in [1.54, 1.807) is 11.7 Å². The van der Waals surface area contributed by atoms with Gasteiger partial charge >= 0.3 is 0 Å². The molecule has 0 aliphatic carbocycles. The highest BCUT2D eigenvalue weighted by Gasteiger charge is 2.11. The maximum absolute atomic E-state index is 9.96. The Hall–Kier alpha value is -3.06. The first kappa shape index (κ1) is 17.8. The van der Waals surface area contributed by atoms with E-state index >= 15 is 0 Å². The van der Waals surface area contributed by atoms with E-state index in [0.29, 0.717) is 4.80 Å². The van der Waals surface area contributed by atoms with Crippen molar-refractivity contribution < 1.29 is 15.3 Å². The summed E-state index contributed by atoms with van der Waals surface area (Å²) >= 11 is 1.46. The number of phenolic OH excluding ortho intramolecular Hbond substituents is 3. The third-order valence-corrected chi connectivity index (χ3v) is 5.06. The third-order valence-electron chi connectivity index (χ3n) is 4.15. The predicted molar refractivity (Wildman–Crippen MR) is 103 cm³/mol. The van der Waals surface area contributed by atoms with Crippen LogP contribution in [0.25, 0.3) is 11.3 Å². The Morgan fingerprint density at radius 2 is 1.77 bits per heavy atom. The fourth-order valence-electron chi connectivity index (χ4n) is 2.47. The average Bonchev–Trinajstić information content (AvgIpc) is 3.04. The smallest absolute Gasteiger partial charge is 0.205 e. The van der Waals surface area contributed by atoms with Crippen LogP contribution < -0.4 is 4.80 Å². The number of aryl methyl sites for hydroxylation is 2. The zero-order valence-corrected chi connectivity index (χ0v) is 15.4. The van der Waals surface area contributed by atoms with Crippen LogP contribution in [-0.2, 0) is 0 Å². The van der Waals surface area contributed by atoms with Gasteiger partial charge in [0.05, 0.1) is 11.9 Å². The van der Waals surface area contributed by atoms with Gasteiger partial charge in [0, 0.05) is 23.6 Å². The van der Waals surface area contributed by atoms with Gasteiger partial charge in [-0.3, -0.25) is 4.99 Å². The van der Waals surface area contributed by atoms with Crippen LogP contribution >= 0.6 is 11.3 Å². The topological polar surface area (TPSA) is 90.3 Å². The Bertz CT molecular complexity index is 1060. The highest BCUT2D eigenvalue weighted by atomic mass is 32.1. The number of phenols is 3. The number of rotatable bonds is 3. The SMILES string of the molecule is CN=c1scc(-c2ccc(C)c(C)c2)n1N=Cc1ccc(O)c(O)c1O.